The molecule has 0 heterocycles. The van der Waals surface area contributed by atoms with Gasteiger partial charge < -0.3 is 10.5 Å². The number of carbonyl (C=O) groups excluding carboxylic acids is 1. The summed E-state index contributed by atoms with van der Waals surface area (Å²) in [6, 6.07) is 8.18. The van der Waals surface area contributed by atoms with Gasteiger partial charge in [-0.15, -0.1) is 11.8 Å². The fraction of sp³-hybridized carbons (Fsp3) is 0.417. The summed E-state index contributed by atoms with van der Waals surface area (Å²) >= 11 is 1.71. The van der Waals surface area contributed by atoms with Crippen molar-refractivity contribution in [2.75, 3.05) is 6.26 Å². The molecule has 0 aliphatic rings. The van der Waals surface area contributed by atoms with Crippen molar-refractivity contribution in [1.29, 1.82) is 0 Å². The Morgan fingerprint density at radius 2 is 2.00 bits per heavy atom. The maximum Gasteiger partial charge on any atom is 0.129 e. The van der Waals surface area contributed by atoms with Crippen LogP contribution in [0.5, 0.6) is 0 Å². The van der Waals surface area contributed by atoms with E-state index in [1.807, 2.05) is 18.4 Å². The van der Waals surface area contributed by atoms with Crippen LogP contribution in [-0.2, 0) is 4.79 Å². The molecule has 0 saturated heterocycles. The van der Waals surface area contributed by atoms with Gasteiger partial charge >= 0.3 is 0 Å². The minimum absolute atomic E-state index is 0.0233. The summed E-state index contributed by atoms with van der Waals surface area (Å²) in [5, 5.41) is 0. The summed E-state index contributed by atoms with van der Waals surface area (Å²) in [4.78, 5) is 12.1. The third-order valence-corrected chi connectivity index (χ3v) is 3.09. The van der Waals surface area contributed by atoms with E-state index in [2.05, 4.69) is 12.1 Å². The molecule has 0 aliphatic heterocycles. The van der Waals surface area contributed by atoms with Crippen LogP contribution in [0.15, 0.2) is 29.2 Å². The number of rotatable bonds is 5. The summed E-state index contributed by atoms with van der Waals surface area (Å²) in [6.45, 7) is 1.60. The van der Waals surface area contributed by atoms with Gasteiger partial charge in [-0.2, -0.15) is 0 Å². The molecule has 82 valence electrons. The van der Waals surface area contributed by atoms with E-state index in [1.54, 1.807) is 18.7 Å². The first kappa shape index (κ1) is 12.3. The number of benzene rings is 1. The van der Waals surface area contributed by atoms with Crippen LogP contribution in [0, 0.1) is 0 Å². The summed E-state index contributed by atoms with van der Waals surface area (Å²) in [7, 11) is 0. The van der Waals surface area contributed by atoms with Crippen molar-refractivity contribution < 1.29 is 4.79 Å². The van der Waals surface area contributed by atoms with Crippen LogP contribution in [0.2, 0.25) is 0 Å². The van der Waals surface area contributed by atoms with Crippen LogP contribution in [0.4, 0.5) is 0 Å². The van der Waals surface area contributed by atoms with Gasteiger partial charge in [-0.25, -0.2) is 0 Å². The molecule has 1 unspecified atom stereocenters. The van der Waals surface area contributed by atoms with E-state index in [0.717, 1.165) is 12.0 Å². The predicted molar refractivity (Wildman–Crippen MR) is 65.1 cm³/mol. The van der Waals surface area contributed by atoms with Crippen molar-refractivity contribution in [3.05, 3.63) is 29.8 Å². The van der Waals surface area contributed by atoms with Crippen LogP contribution in [0.1, 0.15) is 31.4 Å². The van der Waals surface area contributed by atoms with Gasteiger partial charge in [0.25, 0.3) is 0 Å². The quantitative estimate of drug-likeness (QED) is 0.781. The van der Waals surface area contributed by atoms with E-state index in [9.17, 15) is 4.79 Å². The number of hydrogen-bond acceptors (Lipinski definition) is 3. The number of nitrogens with two attached hydrogens (primary N) is 1. The molecular formula is C12H17NOS. The van der Waals surface area contributed by atoms with Crippen LogP contribution in [-0.4, -0.2) is 12.0 Å². The summed E-state index contributed by atoms with van der Waals surface area (Å²) in [5.41, 5.74) is 7.08. The normalized spacial score (nSPS) is 12.5. The Balaban J connectivity index is 2.57. The molecule has 0 saturated carbocycles. The average molecular weight is 223 g/mol. The fourth-order valence-electron chi connectivity index (χ4n) is 1.38. The second kappa shape index (κ2) is 5.93. The first-order valence-electron chi connectivity index (χ1n) is 5.02. The van der Waals surface area contributed by atoms with Gasteiger partial charge in [0.2, 0.25) is 0 Å². The van der Waals surface area contributed by atoms with Gasteiger partial charge in [0.15, 0.2) is 0 Å². The topological polar surface area (TPSA) is 43.1 Å². The van der Waals surface area contributed by atoms with Crippen molar-refractivity contribution in [3.8, 4) is 0 Å². The second-order valence-electron chi connectivity index (χ2n) is 3.62. The third kappa shape index (κ3) is 4.06. The van der Waals surface area contributed by atoms with Gasteiger partial charge in [-0.3, -0.25) is 0 Å². The van der Waals surface area contributed by atoms with Crippen LogP contribution in [0.25, 0.3) is 0 Å². The third-order valence-electron chi connectivity index (χ3n) is 2.35. The molecule has 2 nitrogen and oxygen atoms in total. The van der Waals surface area contributed by atoms with Gasteiger partial charge in [-0.05, 0) is 37.3 Å². The lowest BCUT2D eigenvalue weighted by Gasteiger charge is -2.11. The molecule has 0 radical (unpaired) electrons. The number of ketones is 1. The first-order valence-corrected chi connectivity index (χ1v) is 6.25. The average Bonchev–Trinajstić information content (AvgIpc) is 2.26. The molecular weight excluding hydrogens is 206 g/mol. The number of thioether (sulfide) groups is 1. The zero-order valence-corrected chi connectivity index (χ0v) is 10.0. The minimum atomic E-state index is -0.0233. The highest BCUT2D eigenvalue weighted by molar-refractivity contribution is 7.98. The SMILES string of the molecule is CSc1ccc(C(N)CCC(C)=O)cc1. The Labute approximate surface area is 95.2 Å². The van der Waals surface area contributed by atoms with Crippen molar-refractivity contribution in [2.24, 2.45) is 5.73 Å². The molecule has 0 aromatic heterocycles. The molecule has 0 aliphatic carbocycles. The Bertz CT molecular complexity index is 321. The molecule has 0 amide bonds. The molecule has 1 aromatic carbocycles. The molecule has 1 rings (SSSR count). The number of carbonyl (C=O) groups is 1. The lowest BCUT2D eigenvalue weighted by Crippen LogP contribution is -2.11. The molecule has 1 atom stereocenters. The highest BCUT2D eigenvalue weighted by Gasteiger charge is 2.06. The smallest absolute Gasteiger partial charge is 0.129 e. The van der Waals surface area contributed by atoms with Crippen molar-refractivity contribution >= 4 is 17.5 Å². The van der Waals surface area contributed by atoms with Gasteiger partial charge in [-0.1, -0.05) is 12.1 Å². The van der Waals surface area contributed by atoms with Crippen LogP contribution in [0.3, 0.4) is 0 Å². The molecule has 2 N–H and O–H groups in total. The Hall–Kier alpha value is -0.800. The maximum atomic E-state index is 10.8. The van der Waals surface area contributed by atoms with E-state index in [0.29, 0.717) is 6.42 Å². The van der Waals surface area contributed by atoms with Gasteiger partial charge in [0.1, 0.15) is 5.78 Å². The highest BCUT2D eigenvalue weighted by Crippen LogP contribution is 2.20. The monoisotopic (exact) mass is 223 g/mol. The van der Waals surface area contributed by atoms with E-state index < -0.39 is 0 Å². The van der Waals surface area contributed by atoms with E-state index in [4.69, 9.17) is 5.73 Å². The Morgan fingerprint density at radius 3 is 2.47 bits per heavy atom. The standard InChI is InChI=1S/C12H17NOS/c1-9(14)3-8-12(13)10-4-6-11(15-2)7-5-10/h4-7,12H,3,8,13H2,1-2H3. The van der Waals surface area contributed by atoms with E-state index >= 15 is 0 Å². The van der Waals surface area contributed by atoms with Crippen LogP contribution >= 0.6 is 11.8 Å². The predicted octanol–water partition coefficient (Wildman–Crippen LogP) is 2.78. The Kier molecular flexibility index (Phi) is 4.85. The van der Waals surface area contributed by atoms with Gasteiger partial charge in [0, 0.05) is 17.4 Å². The van der Waals surface area contributed by atoms with E-state index in [-0.39, 0.29) is 11.8 Å². The molecule has 15 heavy (non-hydrogen) atoms. The second-order valence-corrected chi connectivity index (χ2v) is 4.50. The zero-order valence-electron chi connectivity index (χ0n) is 9.19. The molecule has 3 heteroatoms. The van der Waals surface area contributed by atoms with Crippen molar-refractivity contribution in [2.45, 2.75) is 30.7 Å². The maximum absolute atomic E-state index is 10.8. The molecule has 0 bridgehead atoms. The zero-order chi connectivity index (χ0) is 11.3. The molecule has 1 aromatic rings. The molecule has 0 spiro atoms. The van der Waals surface area contributed by atoms with Gasteiger partial charge in [0.05, 0.1) is 0 Å². The highest BCUT2D eigenvalue weighted by atomic mass is 32.2. The molecule has 0 fully saturated rings. The summed E-state index contributed by atoms with van der Waals surface area (Å²) < 4.78 is 0. The van der Waals surface area contributed by atoms with Crippen molar-refractivity contribution in [3.63, 3.8) is 0 Å². The minimum Gasteiger partial charge on any atom is -0.324 e. The Morgan fingerprint density at radius 1 is 1.40 bits per heavy atom. The number of hydrogen-bond donors (Lipinski definition) is 1. The summed E-state index contributed by atoms with van der Waals surface area (Å²) in [6.07, 6.45) is 3.34. The lowest BCUT2D eigenvalue weighted by atomic mass is 10.0. The van der Waals surface area contributed by atoms with Crippen molar-refractivity contribution in [1.82, 2.24) is 0 Å². The lowest BCUT2D eigenvalue weighted by molar-refractivity contribution is -0.117. The largest absolute Gasteiger partial charge is 0.324 e. The van der Waals surface area contributed by atoms with Crippen LogP contribution < -0.4 is 5.73 Å². The first-order chi connectivity index (χ1) is 7.13. The van der Waals surface area contributed by atoms with E-state index in [1.165, 1.54) is 4.90 Å². The summed E-state index contributed by atoms with van der Waals surface area (Å²) in [5.74, 6) is 0.200. The fourth-order valence-corrected chi connectivity index (χ4v) is 1.78. The number of Topliss-reactive ketones (excluding diaryl/α,β-unsaturated/α-hetero) is 1.